The number of benzene rings is 2. The third kappa shape index (κ3) is 3.75. The van der Waals surface area contributed by atoms with E-state index in [2.05, 4.69) is 0 Å². The fraction of sp³-hybridized carbons (Fsp3) is 0.235. The SMILES string of the molecule is COc1ccc(OCc2cc(C(C)=O)ccc2OC)cc1. The van der Waals surface area contributed by atoms with Crippen molar-refractivity contribution in [3.05, 3.63) is 53.6 Å². The van der Waals surface area contributed by atoms with Crippen LogP contribution in [0.4, 0.5) is 0 Å². The number of ether oxygens (including phenoxy) is 3. The van der Waals surface area contributed by atoms with Crippen LogP contribution in [0, 0.1) is 0 Å². The van der Waals surface area contributed by atoms with Crippen LogP contribution in [0.15, 0.2) is 42.5 Å². The van der Waals surface area contributed by atoms with Crippen molar-refractivity contribution in [1.29, 1.82) is 0 Å². The average molecular weight is 286 g/mol. The van der Waals surface area contributed by atoms with Crippen molar-refractivity contribution in [2.24, 2.45) is 0 Å². The van der Waals surface area contributed by atoms with Crippen LogP contribution in [-0.4, -0.2) is 20.0 Å². The first-order chi connectivity index (χ1) is 10.1. The van der Waals surface area contributed by atoms with Gasteiger partial charge in [0.25, 0.3) is 0 Å². The van der Waals surface area contributed by atoms with Crippen LogP contribution in [-0.2, 0) is 6.61 Å². The summed E-state index contributed by atoms with van der Waals surface area (Å²) in [4.78, 5) is 11.4. The fourth-order valence-electron chi connectivity index (χ4n) is 1.94. The quantitative estimate of drug-likeness (QED) is 0.763. The Balaban J connectivity index is 2.13. The molecule has 0 aromatic heterocycles. The number of hydrogen-bond donors (Lipinski definition) is 0. The van der Waals surface area contributed by atoms with Crippen LogP contribution in [0.25, 0.3) is 0 Å². The normalized spacial score (nSPS) is 10.0. The Kier molecular flexibility index (Phi) is 4.82. The summed E-state index contributed by atoms with van der Waals surface area (Å²) in [5, 5.41) is 0. The zero-order chi connectivity index (χ0) is 15.2. The molecule has 0 saturated carbocycles. The zero-order valence-corrected chi connectivity index (χ0v) is 12.4. The van der Waals surface area contributed by atoms with E-state index in [1.165, 1.54) is 6.92 Å². The number of methoxy groups -OCH3 is 2. The first-order valence-electron chi connectivity index (χ1n) is 6.58. The Morgan fingerprint density at radius 2 is 1.62 bits per heavy atom. The second kappa shape index (κ2) is 6.79. The number of carbonyl (C=O) groups is 1. The summed E-state index contributed by atoms with van der Waals surface area (Å²) in [5.74, 6) is 2.22. The maximum atomic E-state index is 11.4. The lowest BCUT2D eigenvalue weighted by Crippen LogP contribution is -2.01. The second-order valence-corrected chi connectivity index (χ2v) is 4.55. The number of Topliss-reactive ketones (excluding diaryl/α,β-unsaturated/α-hetero) is 1. The van der Waals surface area contributed by atoms with E-state index in [-0.39, 0.29) is 5.78 Å². The molecule has 2 rings (SSSR count). The summed E-state index contributed by atoms with van der Waals surface area (Å²) in [7, 11) is 3.22. The Bertz CT molecular complexity index is 617. The summed E-state index contributed by atoms with van der Waals surface area (Å²) in [6, 6.07) is 12.7. The van der Waals surface area contributed by atoms with Gasteiger partial charge in [-0.1, -0.05) is 0 Å². The fourth-order valence-corrected chi connectivity index (χ4v) is 1.94. The molecule has 0 N–H and O–H groups in total. The molecular weight excluding hydrogens is 268 g/mol. The molecule has 0 spiro atoms. The van der Waals surface area contributed by atoms with E-state index < -0.39 is 0 Å². The molecule has 0 saturated heterocycles. The average Bonchev–Trinajstić information content (AvgIpc) is 2.53. The molecule has 21 heavy (non-hydrogen) atoms. The zero-order valence-electron chi connectivity index (χ0n) is 12.4. The van der Waals surface area contributed by atoms with Crippen LogP contribution in [0.2, 0.25) is 0 Å². The highest BCUT2D eigenvalue weighted by Gasteiger charge is 2.08. The predicted octanol–water partition coefficient (Wildman–Crippen LogP) is 3.49. The number of ketones is 1. The molecule has 4 nitrogen and oxygen atoms in total. The Morgan fingerprint density at radius 1 is 0.952 bits per heavy atom. The van der Waals surface area contributed by atoms with Gasteiger partial charge in [0.05, 0.1) is 14.2 Å². The van der Waals surface area contributed by atoms with Crippen LogP contribution in [0.1, 0.15) is 22.8 Å². The molecule has 2 aromatic carbocycles. The molecular formula is C17H18O4. The van der Waals surface area contributed by atoms with Crippen LogP contribution in [0.3, 0.4) is 0 Å². The van der Waals surface area contributed by atoms with Crippen molar-refractivity contribution in [2.45, 2.75) is 13.5 Å². The van der Waals surface area contributed by atoms with Gasteiger partial charge < -0.3 is 14.2 Å². The maximum absolute atomic E-state index is 11.4. The summed E-state index contributed by atoms with van der Waals surface area (Å²) in [6.07, 6.45) is 0. The predicted molar refractivity (Wildman–Crippen MR) is 80.3 cm³/mol. The Morgan fingerprint density at radius 3 is 2.19 bits per heavy atom. The van der Waals surface area contributed by atoms with Gasteiger partial charge >= 0.3 is 0 Å². The molecule has 4 heteroatoms. The Labute approximate surface area is 124 Å². The monoisotopic (exact) mass is 286 g/mol. The minimum atomic E-state index is 0.0170. The molecule has 110 valence electrons. The smallest absolute Gasteiger partial charge is 0.159 e. The second-order valence-electron chi connectivity index (χ2n) is 4.55. The van der Waals surface area contributed by atoms with Crippen LogP contribution >= 0.6 is 0 Å². The minimum Gasteiger partial charge on any atom is -0.497 e. The van der Waals surface area contributed by atoms with Gasteiger partial charge in [0.1, 0.15) is 23.9 Å². The van der Waals surface area contributed by atoms with Gasteiger partial charge in [0.2, 0.25) is 0 Å². The first-order valence-corrected chi connectivity index (χ1v) is 6.58. The van der Waals surface area contributed by atoms with E-state index in [9.17, 15) is 4.79 Å². The molecule has 0 aliphatic carbocycles. The lowest BCUT2D eigenvalue weighted by atomic mass is 10.1. The molecule has 0 amide bonds. The number of hydrogen-bond acceptors (Lipinski definition) is 4. The van der Waals surface area contributed by atoms with Crippen molar-refractivity contribution in [3.8, 4) is 17.2 Å². The van der Waals surface area contributed by atoms with Gasteiger partial charge in [-0.15, -0.1) is 0 Å². The molecule has 0 fully saturated rings. The van der Waals surface area contributed by atoms with E-state index >= 15 is 0 Å². The standard InChI is InChI=1S/C17H18O4/c1-12(18)13-4-9-17(20-3)14(10-13)11-21-16-7-5-15(19-2)6-8-16/h4-10H,11H2,1-3H3. The molecule has 0 aliphatic rings. The molecule has 0 unspecified atom stereocenters. The summed E-state index contributed by atoms with van der Waals surface area (Å²) in [6.45, 7) is 1.87. The van der Waals surface area contributed by atoms with E-state index in [1.54, 1.807) is 32.4 Å². The van der Waals surface area contributed by atoms with Crippen LogP contribution < -0.4 is 14.2 Å². The van der Waals surface area contributed by atoms with Gasteiger partial charge in [-0.2, -0.15) is 0 Å². The van der Waals surface area contributed by atoms with Crippen molar-refractivity contribution in [1.82, 2.24) is 0 Å². The number of rotatable bonds is 6. The van der Waals surface area contributed by atoms with E-state index in [1.807, 2.05) is 24.3 Å². The van der Waals surface area contributed by atoms with Crippen LogP contribution in [0.5, 0.6) is 17.2 Å². The third-order valence-electron chi connectivity index (χ3n) is 3.14. The van der Waals surface area contributed by atoms with Gasteiger partial charge in [-0.05, 0) is 49.4 Å². The van der Waals surface area contributed by atoms with Gasteiger partial charge in [0, 0.05) is 11.1 Å². The Hall–Kier alpha value is -2.49. The van der Waals surface area contributed by atoms with E-state index in [4.69, 9.17) is 14.2 Å². The molecule has 0 aliphatic heterocycles. The van der Waals surface area contributed by atoms with Crippen molar-refractivity contribution in [3.63, 3.8) is 0 Å². The van der Waals surface area contributed by atoms with Gasteiger partial charge in [-0.3, -0.25) is 4.79 Å². The molecule has 0 atom stereocenters. The maximum Gasteiger partial charge on any atom is 0.159 e. The lowest BCUT2D eigenvalue weighted by Gasteiger charge is -2.11. The highest BCUT2D eigenvalue weighted by molar-refractivity contribution is 5.94. The lowest BCUT2D eigenvalue weighted by molar-refractivity contribution is 0.101. The molecule has 0 bridgehead atoms. The van der Waals surface area contributed by atoms with E-state index in [0.29, 0.717) is 17.9 Å². The third-order valence-corrected chi connectivity index (χ3v) is 3.14. The van der Waals surface area contributed by atoms with Crippen molar-refractivity contribution >= 4 is 5.78 Å². The summed E-state index contributed by atoms with van der Waals surface area (Å²) >= 11 is 0. The number of carbonyl (C=O) groups excluding carboxylic acids is 1. The molecule has 2 aromatic rings. The van der Waals surface area contributed by atoms with E-state index in [0.717, 1.165) is 17.1 Å². The highest BCUT2D eigenvalue weighted by Crippen LogP contribution is 2.23. The molecule has 0 radical (unpaired) electrons. The van der Waals surface area contributed by atoms with Gasteiger partial charge in [-0.25, -0.2) is 0 Å². The summed E-state index contributed by atoms with van der Waals surface area (Å²) in [5.41, 5.74) is 1.48. The first kappa shape index (κ1) is 14.9. The van der Waals surface area contributed by atoms with Crippen molar-refractivity contribution < 1.29 is 19.0 Å². The topological polar surface area (TPSA) is 44.8 Å². The summed E-state index contributed by atoms with van der Waals surface area (Å²) < 4.78 is 16.1. The molecule has 0 heterocycles. The largest absolute Gasteiger partial charge is 0.497 e. The minimum absolute atomic E-state index is 0.0170. The van der Waals surface area contributed by atoms with Crippen molar-refractivity contribution in [2.75, 3.05) is 14.2 Å². The van der Waals surface area contributed by atoms with Gasteiger partial charge in [0.15, 0.2) is 5.78 Å². The highest BCUT2D eigenvalue weighted by atomic mass is 16.5.